The third-order valence-corrected chi connectivity index (χ3v) is 6.96. The number of carbonyl (C=O) groups is 1. The highest BCUT2D eigenvalue weighted by Gasteiger charge is 2.26. The Balaban J connectivity index is 1.34. The molecule has 2 heterocycles. The van der Waals surface area contributed by atoms with Crippen LogP contribution in [0.5, 0.6) is 0 Å². The highest BCUT2D eigenvalue weighted by Crippen LogP contribution is 2.33. The Hall–Kier alpha value is -1.85. The molecule has 1 aliphatic heterocycles. The molecular weight excluding hydrogens is 360 g/mol. The number of carbonyl (C=O) groups excluding carboxylic acids is 1. The number of piperidine rings is 1. The standard InChI is InChI=1S/C21H22N2OS2/c24-20(15-25-14-16-7-2-1-3-8-16)23-12-6-9-17(13-23)21-22-18-10-4-5-11-19(18)26-21/h1-5,7-8,10-11,17H,6,9,12-15H2/t17-/m1/s1. The number of amides is 1. The number of thiazole rings is 1. The van der Waals surface area contributed by atoms with E-state index in [1.807, 2.05) is 29.2 Å². The SMILES string of the molecule is O=C(CSCc1ccccc1)N1CCC[C@@H](c2nc3ccccc3s2)C1. The minimum absolute atomic E-state index is 0.261. The lowest BCUT2D eigenvalue weighted by molar-refractivity contribution is -0.129. The molecule has 3 nitrogen and oxygen atoms in total. The van der Waals surface area contributed by atoms with E-state index in [0.717, 1.165) is 37.2 Å². The number of para-hydroxylation sites is 1. The van der Waals surface area contributed by atoms with Crippen molar-refractivity contribution in [3.05, 3.63) is 65.2 Å². The van der Waals surface area contributed by atoms with Crippen LogP contribution in [-0.4, -0.2) is 34.6 Å². The summed E-state index contributed by atoms with van der Waals surface area (Å²) in [5.74, 6) is 2.09. The molecule has 3 aromatic rings. The summed E-state index contributed by atoms with van der Waals surface area (Å²) in [5.41, 5.74) is 2.35. The molecule has 1 atom stereocenters. The zero-order valence-corrected chi connectivity index (χ0v) is 16.3. The lowest BCUT2D eigenvalue weighted by Gasteiger charge is -2.31. The van der Waals surface area contributed by atoms with Crippen molar-refractivity contribution in [1.82, 2.24) is 9.88 Å². The number of aromatic nitrogens is 1. The average Bonchev–Trinajstić information content (AvgIpc) is 3.13. The molecule has 0 unspecified atom stereocenters. The Morgan fingerprint density at radius 1 is 1.15 bits per heavy atom. The lowest BCUT2D eigenvalue weighted by atomic mass is 9.99. The van der Waals surface area contributed by atoms with Crippen LogP contribution in [0.25, 0.3) is 10.2 Å². The van der Waals surface area contributed by atoms with Crippen LogP contribution in [-0.2, 0) is 10.5 Å². The number of rotatable bonds is 5. The molecule has 0 spiro atoms. The summed E-state index contributed by atoms with van der Waals surface area (Å²) in [7, 11) is 0. The maximum Gasteiger partial charge on any atom is 0.232 e. The minimum atomic E-state index is 0.261. The fourth-order valence-corrected chi connectivity index (χ4v) is 5.37. The smallest absolute Gasteiger partial charge is 0.232 e. The third kappa shape index (κ3) is 4.10. The first-order valence-corrected chi connectivity index (χ1v) is 11.0. The number of nitrogens with zero attached hydrogens (tertiary/aromatic N) is 2. The number of benzene rings is 2. The van der Waals surface area contributed by atoms with E-state index in [0.29, 0.717) is 11.7 Å². The summed E-state index contributed by atoms with van der Waals surface area (Å²) in [6.45, 7) is 1.69. The van der Waals surface area contributed by atoms with Crippen molar-refractivity contribution >= 4 is 39.2 Å². The molecule has 1 aromatic heterocycles. The quantitative estimate of drug-likeness (QED) is 0.627. The van der Waals surface area contributed by atoms with Crippen molar-refractivity contribution in [3.63, 3.8) is 0 Å². The van der Waals surface area contributed by atoms with E-state index in [4.69, 9.17) is 4.98 Å². The van der Waals surface area contributed by atoms with Gasteiger partial charge in [0, 0.05) is 24.8 Å². The molecule has 0 radical (unpaired) electrons. The van der Waals surface area contributed by atoms with Crippen LogP contribution in [0, 0.1) is 0 Å². The van der Waals surface area contributed by atoms with E-state index in [-0.39, 0.29) is 5.91 Å². The molecule has 0 bridgehead atoms. The predicted octanol–water partition coefficient (Wildman–Crippen LogP) is 4.94. The van der Waals surface area contributed by atoms with Crippen molar-refractivity contribution in [1.29, 1.82) is 0 Å². The number of likely N-dealkylation sites (tertiary alicyclic amines) is 1. The molecule has 26 heavy (non-hydrogen) atoms. The topological polar surface area (TPSA) is 33.2 Å². The van der Waals surface area contributed by atoms with E-state index in [9.17, 15) is 4.79 Å². The van der Waals surface area contributed by atoms with Gasteiger partial charge >= 0.3 is 0 Å². The first-order chi connectivity index (χ1) is 12.8. The zero-order chi connectivity index (χ0) is 17.8. The molecular formula is C21H22N2OS2. The molecule has 134 valence electrons. The fraction of sp³-hybridized carbons (Fsp3) is 0.333. The van der Waals surface area contributed by atoms with Crippen molar-refractivity contribution in [2.24, 2.45) is 0 Å². The van der Waals surface area contributed by atoms with Gasteiger partial charge in [-0.2, -0.15) is 0 Å². The Morgan fingerprint density at radius 3 is 2.81 bits per heavy atom. The van der Waals surface area contributed by atoms with E-state index in [1.54, 1.807) is 23.1 Å². The van der Waals surface area contributed by atoms with Crippen LogP contribution in [0.4, 0.5) is 0 Å². The van der Waals surface area contributed by atoms with Crippen molar-refractivity contribution < 1.29 is 4.79 Å². The van der Waals surface area contributed by atoms with Crippen LogP contribution in [0.3, 0.4) is 0 Å². The number of hydrogen-bond acceptors (Lipinski definition) is 4. The molecule has 2 aromatic carbocycles. The number of hydrogen-bond donors (Lipinski definition) is 0. The van der Waals surface area contributed by atoms with Crippen LogP contribution >= 0.6 is 23.1 Å². The number of fused-ring (bicyclic) bond motifs is 1. The fourth-order valence-electron chi connectivity index (χ4n) is 3.39. The Bertz CT molecular complexity index is 845. The van der Waals surface area contributed by atoms with E-state index >= 15 is 0 Å². The van der Waals surface area contributed by atoms with Crippen molar-refractivity contribution in [2.45, 2.75) is 24.5 Å². The molecule has 1 amide bonds. The van der Waals surface area contributed by atoms with E-state index in [2.05, 4.69) is 30.3 Å². The van der Waals surface area contributed by atoms with Gasteiger partial charge in [-0.05, 0) is 30.5 Å². The largest absolute Gasteiger partial charge is 0.341 e. The Kier molecular flexibility index (Phi) is 5.56. The lowest BCUT2D eigenvalue weighted by Crippen LogP contribution is -2.40. The highest BCUT2D eigenvalue weighted by molar-refractivity contribution is 7.99. The van der Waals surface area contributed by atoms with Gasteiger partial charge in [0.05, 0.1) is 21.0 Å². The van der Waals surface area contributed by atoms with Gasteiger partial charge < -0.3 is 4.90 Å². The van der Waals surface area contributed by atoms with Crippen LogP contribution in [0.15, 0.2) is 54.6 Å². The second-order valence-corrected chi connectivity index (χ2v) is 8.72. The van der Waals surface area contributed by atoms with Gasteiger partial charge in [-0.1, -0.05) is 42.5 Å². The van der Waals surface area contributed by atoms with Gasteiger partial charge in [0.15, 0.2) is 0 Å². The molecule has 0 aliphatic carbocycles. The second kappa shape index (κ2) is 8.23. The zero-order valence-electron chi connectivity index (χ0n) is 14.6. The monoisotopic (exact) mass is 382 g/mol. The van der Waals surface area contributed by atoms with Gasteiger partial charge in [-0.3, -0.25) is 4.79 Å². The second-order valence-electron chi connectivity index (χ2n) is 6.68. The normalized spacial score (nSPS) is 17.5. The molecule has 5 heteroatoms. The third-order valence-electron chi connectivity index (χ3n) is 4.77. The van der Waals surface area contributed by atoms with Crippen molar-refractivity contribution in [2.75, 3.05) is 18.8 Å². The van der Waals surface area contributed by atoms with Gasteiger partial charge in [-0.15, -0.1) is 23.1 Å². The van der Waals surface area contributed by atoms with Crippen molar-refractivity contribution in [3.8, 4) is 0 Å². The van der Waals surface area contributed by atoms with Crippen LogP contribution in [0.2, 0.25) is 0 Å². The molecule has 1 saturated heterocycles. The first kappa shape index (κ1) is 17.6. The van der Waals surface area contributed by atoms with Gasteiger partial charge in [0.2, 0.25) is 5.91 Å². The maximum absolute atomic E-state index is 12.6. The predicted molar refractivity (Wildman–Crippen MR) is 111 cm³/mol. The molecule has 4 rings (SSSR count). The Labute approximate surface area is 162 Å². The molecule has 0 saturated carbocycles. The first-order valence-electron chi connectivity index (χ1n) is 9.04. The van der Waals surface area contributed by atoms with E-state index in [1.165, 1.54) is 15.3 Å². The average molecular weight is 383 g/mol. The Morgan fingerprint density at radius 2 is 1.96 bits per heavy atom. The highest BCUT2D eigenvalue weighted by atomic mass is 32.2. The number of thioether (sulfide) groups is 1. The summed E-state index contributed by atoms with van der Waals surface area (Å²) >= 11 is 3.48. The maximum atomic E-state index is 12.6. The summed E-state index contributed by atoms with van der Waals surface area (Å²) in [5, 5.41) is 1.18. The summed E-state index contributed by atoms with van der Waals surface area (Å²) in [6, 6.07) is 18.6. The minimum Gasteiger partial charge on any atom is -0.341 e. The molecule has 1 fully saturated rings. The molecule has 0 N–H and O–H groups in total. The summed E-state index contributed by atoms with van der Waals surface area (Å²) < 4.78 is 1.24. The molecule has 1 aliphatic rings. The van der Waals surface area contributed by atoms with Crippen LogP contribution in [0.1, 0.15) is 29.3 Å². The van der Waals surface area contributed by atoms with Crippen LogP contribution < -0.4 is 0 Å². The van der Waals surface area contributed by atoms with Gasteiger partial charge in [-0.25, -0.2) is 4.98 Å². The summed E-state index contributed by atoms with van der Waals surface area (Å²) in [4.78, 5) is 19.5. The van der Waals surface area contributed by atoms with E-state index < -0.39 is 0 Å². The van der Waals surface area contributed by atoms with Gasteiger partial charge in [0.25, 0.3) is 0 Å². The van der Waals surface area contributed by atoms with Gasteiger partial charge in [0.1, 0.15) is 0 Å². The summed E-state index contributed by atoms with van der Waals surface area (Å²) in [6.07, 6.45) is 2.19.